The zero-order valence-electron chi connectivity index (χ0n) is 11.0. The number of rotatable bonds is 4. The summed E-state index contributed by atoms with van der Waals surface area (Å²) in [4.78, 5) is 11.8. The van der Waals surface area contributed by atoms with Gasteiger partial charge in [-0.1, -0.05) is 17.7 Å². The van der Waals surface area contributed by atoms with Gasteiger partial charge in [0, 0.05) is 0 Å². The van der Waals surface area contributed by atoms with E-state index in [0.717, 1.165) is 0 Å². The highest BCUT2D eigenvalue weighted by atomic mass is 35.5. The van der Waals surface area contributed by atoms with E-state index in [2.05, 4.69) is 0 Å². The van der Waals surface area contributed by atoms with Gasteiger partial charge in [-0.15, -0.1) is 0 Å². The Bertz CT molecular complexity index is 671. The van der Waals surface area contributed by atoms with Crippen LogP contribution in [0.3, 0.4) is 0 Å². The number of phenolic OH excluding ortho intramolecular Hbond substituents is 1. The number of methoxy groups -OCH3 is 1. The summed E-state index contributed by atoms with van der Waals surface area (Å²) < 4.78 is 10.2. The zero-order chi connectivity index (χ0) is 14.7. The topological polar surface area (TPSA) is 59.7 Å². The number of phenols is 1. The fourth-order valence-electron chi connectivity index (χ4n) is 1.67. The lowest BCUT2D eigenvalue weighted by atomic mass is 10.1. The Hall–Kier alpha value is -2.20. The molecule has 0 unspecified atom stereocenters. The van der Waals surface area contributed by atoms with Crippen molar-refractivity contribution in [3.05, 3.63) is 52.4 Å². The van der Waals surface area contributed by atoms with Crippen LogP contribution < -0.4 is 4.74 Å². The number of halogens is 1. The zero-order valence-corrected chi connectivity index (χ0v) is 11.8. The molecule has 0 fully saturated rings. The first-order valence-corrected chi connectivity index (χ1v) is 6.24. The summed E-state index contributed by atoms with van der Waals surface area (Å²) in [6.07, 6.45) is 2.95. The van der Waals surface area contributed by atoms with Crippen molar-refractivity contribution in [3.63, 3.8) is 0 Å². The monoisotopic (exact) mass is 292 g/mol. The third-order valence-electron chi connectivity index (χ3n) is 2.68. The second-order valence-corrected chi connectivity index (χ2v) is 4.57. The molecule has 0 amide bonds. The van der Waals surface area contributed by atoms with Crippen molar-refractivity contribution >= 4 is 23.5 Å². The van der Waals surface area contributed by atoms with Crippen LogP contribution in [0.25, 0.3) is 6.08 Å². The van der Waals surface area contributed by atoms with Crippen LogP contribution in [-0.2, 0) is 0 Å². The molecular weight excluding hydrogens is 280 g/mol. The smallest absolute Gasteiger partial charge is 0.221 e. The number of aromatic hydroxyl groups is 1. The number of benzene rings is 1. The van der Waals surface area contributed by atoms with E-state index in [1.807, 2.05) is 0 Å². The quantitative estimate of drug-likeness (QED) is 0.687. The molecule has 20 heavy (non-hydrogen) atoms. The van der Waals surface area contributed by atoms with Crippen LogP contribution in [0.1, 0.15) is 21.9 Å². The fourth-order valence-corrected chi connectivity index (χ4v) is 1.89. The first-order chi connectivity index (χ1) is 9.51. The summed E-state index contributed by atoms with van der Waals surface area (Å²) in [5.74, 6) is 0.825. The number of hydrogen-bond donors (Lipinski definition) is 1. The molecule has 2 rings (SSSR count). The number of carbonyl (C=O) groups is 1. The van der Waals surface area contributed by atoms with Crippen LogP contribution in [0.5, 0.6) is 11.5 Å². The minimum atomic E-state index is -0.249. The third-order valence-corrected chi connectivity index (χ3v) is 2.97. The molecule has 1 N–H and O–H groups in total. The van der Waals surface area contributed by atoms with Crippen LogP contribution in [0, 0.1) is 6.92 Å². The molecule has 0 bridgehead atoms. The van der Waals surface area contributed by atoms with Gasteiger partial charge in [0.1, 0.15) is 5.76 Å². The number of ketones is 1. The van der Waals surface area contributed by atoms with Crippen molar-refractivity contribution in [2.75, 3.05) is 7.11 Å². The predicted molar refractivity (Wildman–Crippen MR) is 76.5 cm³/mol. The van der Waals surface area contributed by atoms with E-state index in [4.69, 9.17) is 20.8 Å². The Morgan fingerprint density at radius 3 is 2.75 bits per heavy atom. The summed E-state index contributed by atoms with van der Waals surface area (Å²) in [6.45, 7) is 1.77. The van der Waals surface area contributed by atoms with Gasteiger partial charge in [0.15, 0.2) is 17.3 Å². The molecule has 1 heterocycles. The second kappa shape index (κ2) is 5.84. The minimum Gasteiger partial charge on any atom is -0.503 e. The van der Waals surface area contributed by atoms with E-state index in [1.165, 1.54) is 19.3 Å². The number of furan rings is 1. The summed E-state index contributed by atoms with van der Waals surface area (Å²) in [5.41, 5.74) is 0.640. The van der Waals surface area contributed by atoms with E-state index in [1.54, 1.807) is 31.2 Å². The SMILES string of the molecule is COc1cc(/C=C/C(=O)c2ccc(C)o2)cc(Cl)c1O. The summed E-state index contributed by atoms with van der Waals surface area (Å²) in [6, 6.07) is 6.46. The Morgan fingerprint density at radius 1 is 1.40 bits per heavy atom. The lowest BCUT2D eigenvalue weighted by Crippen LogP contribution is -1.91. The molecule has 0 aliphatic rings. The number of carbonyl (C=O) groups excluding carboxylic acids is 1. The summed E-state index contributed by atoms with van der Waals surface area (Å²) in [7, 11) is 1.43. The van der Waals surface area contributed by atoms with Gasteiger partial charge in [-0.3, -0.25) is 4.79 Å². The van der Waals surface area contributed by atoms with Crippen LogP contribution in [-0.4, -0.2) is 18.0 Å². The Kier molecular flexibility index (Phi) is 4.15. The maximum absolute atomic E-state index is 11.8. The fraction of sp³-hybridized carbons (Fsp3) is 0.133. The van der Waals surface area contributed by atoms with Crippen LogP contribution >= 0.6 is 11.6 Å². The highest BCUT2D eigenvalue weighted by Crippen LogP contribution is 2.35. The molecule has 0 atom stereocenters. The first-order valence-electron chi connectivity index (χ1n) is 5.86. The molecule has 104 valence electrons. The van der Waals surface area contributed by atoms with Crippen molar-refractivity contribution in [2.45, 2.75) is 6.92 Å². The highest BCUT2D eigenvalue weighted by molar-refractivity contribution is 6.32. The molecule has 0 aliphatic heterocycles. The number of ether oxygens (including phenoxy) is 1. The lowest BCUT2D eigenvalue weighted by Gasteiger charge is -2.06. The van der Waals surface area contributed by atoms with Crippen molar-refractivity contribution < 1.29 is 19.1 Å². The van der Waals surface area contributed by atoms with Crippen LogP contribution in [0.4, 0.5) is 0 Å². The van der Waals surface area contributed by atoms with E-state index in [-0.39, 0.29) is 28.1 Å². The summed E-state index contributed by atoms with van der Waals surface area (Å²) in [5, 5.41) is 9.77. The Morgan fingerprint density at radius 2 is 2.15 bits per heavy atom. The van der Waals surface area contributed by atoms with E-state index in [0.29, 0.717) is 11.3 Å². The number of aryl methyl sites for hydroxylation is 1. The van der Waals surface area contributed by atoms with E-state index in [9.17, 15) is 9.90 Å². The average molecular weight is 293 g/mol. The molecule has 1 aromatic heterocycles. The molecule has 0 radical (unpaired) electrons. The second-order valence-electron chi connectivity index (χ2n) is 4.16. The van der Waals surface area contributed by atoms with Gasteiger partial charge in [0.05, 0.1) is 12.1 Å². The molecular formula is C15H13ClO4. The summed E-state index contributed by atoms with van der Waals surface area (Å²) >= 11 is 5.87. The standard InChI is InChI=1S/C15H13ClO4/c1-9-3-6-13(20-9)12(17)5-4-10-7-11(16)15(18)14(8-10)19-2/h3-8,18H,1-2H3/b5-4+. The number of hydrogen-bond acceptors (Lipinski definition) is 4. The lowest BCUT2D eigenvalue weighted by molar-refractivity contribution is 0.102. The molecule has 0 aliphatic carbocycles. The maximum Gasteiger partial charge on any atom is 0.221 e. The van der Waals surface area contributed by atoms with Crippen LogP contribution in [0.15, 0.2) is 34.8 Å². The molecule has 0 saturated carbocycles. The molecule has 4 nitrogen and oxygen atoms in total. The Balaban J connectivity index is 2.23. The minimum absolute atomic E-state index is 0.126. The van der Waals surface area contributed by atoms with Gasteiger partial charge in [0.2, 0.25) is 5.78 Å². The molecule has 5 heteroatoms. The van der Waals surface area contributed by atoms with Crippen molar-refractivity contribution in [3.8, 4) is 11.5 Å². The van der Waals surface area contributed by atoms with E-state index < -0.39 is 0 Å². The largest absolute Gasteiger partial charge is 0.503 e. The molecule has 1 aromatic carbocycles. The molecule has 2 aromatic rings. The van der Waals surface area contributed by atoms with Crippen molar-refractivity contribution in [2.24, 2.45) is 0 Å². The van der Waals surface area contributed by atoms with Gasteiger partial charge in [-0.25, -0.2) is 0 Å². The third kappa shape index (κ3) is 3.03. The van der Waals surface area contributed by atoms with Gasteiger partial charge in [0.25, 0.3) is 0 Å². The Labute approximate surface area is 121 Å². The molecule has 0 saturated heterocycles. The first kappa shape index (κ1) is 14.2. The highest BCUT2D eigenvalue weighted by Gasteiger charge is 2.09. The molecule has 0 spiro atoms. The number of allylic oxidation sites excluding steroid dienone is 1. The van der Waals surface area contributed by atoms with Gasteiger partial charge < -0.3 is 14.3 Å². The van der Waals surface area contributed by atoms with Crippen LogP contribution in [0.2, 0.25) is 5.02 Å². The predicted octanol–water partition coefficient (Wildman–Crippen LogP) is 3.85. The van der Waals surface area contributed by atoms with Gasteiger partial charge in [-0.2, -0.15) is 0 Å². The average Bonchev–Trinajstić information content (AvgIpc) is 2.86. The maximum atomic E-state index is 11.8. The van der Waals surface area contributed by atoms with Gasteiger partial charge in [-0.05, 0) is 42.8 Å². The van der Waals surface area contributed by atoms with Crippen molar-refractivity contribution in [1.29, 1.82) is 0 Å². The van der Waals surface area contributed by atoms with Gasteiger partial charge >= 0.3 is 0 Å². The van der Waals surface area contributed by atoms with E-state index >= 15 is 0 Å². The normalized spacial score (nSPS) is 10.9. The van der Waals surface area contributed by atoms with Crippen molar-refractivity contribution in [1.82, 2.24) is 0 Å².